The fourth-order valence-electron chi connectivity index (χ4n) is 3.23. The van der Waals surface area contributed by atoms with Gasteiger partial charge in [-0.2, -0.15) is 0 Å². The second-order valence-corrected chi connectivity index (χ2v) is 6.79. The van der Waals surface area contributed by atoms with Gasteiger partial charge in [-0.15, -0.1) is 0 Å². The summed E-state index contributed by atoms with van der Waals surface area (Å²) in [5.74, 6) is 0.915. The zero-order valence-electron chi connectivity index (χ0n) is 16.3. The van der Waals surface area contributed by atoms with Gasteiger partial charge in [0, 0.05) is 6.07 Å². The molecule has 2 rings (SSSR count). The summed E-state index contributed by atoms with van der Waals surface area (Å²) in [6.45, 7) is 6.40. The van der Waals surface area contributed by atoms with Gasteiger partial charge >= 0.3 is 0 Å². The van der Waals surface area contributed by atoms with Gasteiger partial charge in [-0.1, -0.05) is 51.9 Å². The van der Waals surface area contributed by atoms with Crippen molar-refractivity contribution in [2.45, 2.75) is 71.9 Å². The van der Waals surface area contributed by atoms with E-state index in [1.807, 2.05) is 13.0 Å². The smallest absolute Gasteiger partial charge is 0.246 e. The third-order valence-corrected chi connectivity index (χ3v) is 4.63. The van der Waals surface area contributed by atoms with Crippen LogP contribution in [0.3, 0.4) is 0 Å². The third kappa shape index (κ3) is 6.35. The molecule has 0 aliphatic rings. The molecule has 0 saturated heterocycles. The van der Waals surface area contributed by atoms with E-state index >= 15 is 0 Å². The Morgan fingerprint density at radius 1 is 0.960 bits per heavy atom. The number of benzene rings is 1. The highest BCUT2D eigenvalue weighted by Gasteiger charge is 2.14. The largest absolute Gasteiger partial charge is 0.494 e. The first kappa shape index (κ1) is 19.8. The third-order valence-electron chi connectivity index (χ3n) is 4.63. The number of unbranched alkanes of at least 4 members (excludes halogenated alkanes) is 7. The normalized spacial score (nSPS) is 11.3. The summed E-state index contributed by atoms with van der Waals surface area (Å²) in [6, 6.07) is 6.23. The van der Waals surface area contributed by atoms with Crippen LogP contribution in [-0.4, -0.2) is 17.8 Å². The molecule has 0 unspecified atom stereocenters. The minimum Gasteiger partial charge on any atom is -0.494 e. The molecule has 0 radical (unpaired) electrons. The van der Waals surface area contributed by atoms with Crippen molar-refractivity contribution in [3.8, 4) is 5.75 Å². The molecule has 0 saturated carbocycles. The molecule has 1 aromatic carbocycles. The Morgan fingerprint density at radius 3 is 2.40 bits per heavy atom. The van der Waals surface area contributed by atoms with Crippen LogP contribution in [0.1, 0.15) is 65.2 Å². The number of aryl methyl sites for hydroxylation is 1. The first-order valence-electron chi connectivity index (χ1n) is 9.95. The Morgan fingerprint density at radius 2 is 1.68 bits per heavy atom. The van der Waals surface area contributed by atoms with Gasteiger partial charge in [-0.05, 0) is 25.5 Å². The lowest BCUT2D eigenvalue weighted by atomic mass is 10.1. The quantitative estimate of drug-likeness (QED) is 0.377. The lowest BCUT2D eigenvalue weighted by Gasteiger charge is -2.04. The number of imidazole rings is 1. The summed E-state index contributed by atoms with van der Waals surface area (Å²) < 4.78 is 15.8. The van der Waals surface area contributed by atoms with Crippen LogP contribution in [0.4, 0.5) is 0 Å². The zero-order valence-corrected chi connectivity index (χ0v) is 16.3. The maximum atomic E-state index is 5.89. The predicted molar refractivity (Wildman–Crippen MR) is 103 cm³/mol. The van der Waals surface area contributed by atoms with Gasteiger partial charge in [0.1, 0.15) is 5.75 Å². The molecule has 0 atom stereocenters. The maximum Gasteiger partial charge on any atom is 0.246 e. The summed E-state index contributed by atoms with van der Waals surface area (Å²) >= 11 is 0. The predicted octanol–water partition coefficient (Wildman–Crippen LogP) is 4.98. The first-order valence-corrected chi connectivity index (χ1v) is 9.95. The summed E-state index contributed by atoms with van der Waals surface area (Å²) in [5, 5.41) is 0. The lowest BCUT2D eigenvalue weighted by Crippen LogP contribution is -2.25. The van der Waals surface area contributed by atoms with Crippen molar-refractivity contribution >= 4 is 11.0 Å². The maximum absolute atomic E-state index is 5.89. The van der Waals surface area contributed by atoms with Gasteiger partial charge in [0.2, 0.25) is 6.33 Å². The van der Waals surface area contributed by atoms with Crippen molar-refractivity contribution in [2.75, 3.05) is 13.2 Å². The number of aromatic nitrogens is 2. The molecule has 25 heavy (non-hydrogen) atoms. The number of hydrogen-bond donors (Lipinski definition) is 0. The molecule has 0 spiro atoms. The molecule has 0 aliphatic carbocycles. The van der Waals surface area contributed by atoms with E-state index in [-0.39, 0.29) is 0 Å². The fraction of sp³-hybridized carbons (Fsp3) is 0.667. The van der Waals surface area contributed by atoms with Crippen LogP contribution >= 0.6 is 0 Å². The van der Waals surface area contributed by atoms with E-state index in [1.54, 1.807) is 0 Å². The Hall–Kier alpha value is -1.55. The minimum atomic E-state index is 0.601. The Kier molecular flexibility index (Phi) is 8.81. The van der Waals surface area contributed by atoms with Crippen molar-refractivity contribution in [3.63, 3.8) is 0 Å². The van der Waals surface area contributed by atoms with Crippen LogP contribution in [0.5, 0.6) is 5.75 Å². The molecule has 4 nitrogen and oxygen atoms in total. The van der Waals surface area contributed by atoms with Crippen molar-refractivity contribution in [1.29, 1.82) is 0 Å². The minimum absolute atomic E-state index is 0.601. The highest BCUT2D eigenvalue weighted by atomic mass is 16.5. The van der Waals surface area contributed by atoms with Crippen molar-refractivity contribution in [1.82, 2.24) is 4.57 Å². The van der Waals surface area contributed by atoms with Crippen LogP contribution in [0.25, 0.3) is 11.0 Å². The Bertz CT molecular complexity index is 622. The highest BCUT2D eigenvalue weighted by molar-refractivity contribution is 5.73. The molecule has 0 amide bonds. The van der Waals surface area contributed by atoms with E-state index in [0.717, 1.165) is 24.3 Å². The van der Waals surface area contributed by atoms with Gasteiger partial charge in [-0.25, -0.2) is 9.13 Å². The van der Waals surface area contributed by atoms with E-state index in [4.69, 9.17) is 9.47 Å². The second kappa shape index (κ2) is 11.1. The van der Waals surface area contributed by atoms with Crippen molar-refractivity contribution in [2.24, 2.45) is 7.05 Å². The number of ether oxygens (including phenoxy) is 2. The number of fused-ring (bicyclic) bond motifs is 1. The summed E-state index contributed by atoms with van der Waals surface area (Å²) in [5.41, 5.74) is 2.35. The molecule has 0 N–H and O–H groups in total. The SMILES string of the molecule is CCCCCCCCCCOCn1c[n+](C)c2ccc(OCC)cc21. The van der Waals surface area contributed by atoms with Gasteiger partial charge in [0.15, 0.2) is 17.8 Å². The van der Waals surface area contributed by atoms with Gasteiger partial charge in [0.25, 0.3) is 0 Å². The van der Waals surface area contributed by atoms with Crippen LogP contribution in [-0.2, 0) is 18.5 Å². The molecular weight excluding hydrogens is 312 g/mol. The van der Waals surface area contributed by atoms with E-state index in [2.05, 4.69) is 41.6 Å². The first-order chi connectivity index (χ1) is 12.3. The summed E-state index contributed by atoms with van der Waals surface area (Å²) in [6.07, 6.45) is 12.7. The molecule has 4 heteroatoms. The summed E-state index contributed by atoms with van der Waals surface area (Å²) in [7, 11) is 2.07. The number of rotatable bonds is 13. The average Bonchev–Trinajstić information content (AvgIpc) is 2.92. The van der Waals surface area contributed by atoms with Gasteiger partial charge < -0.3 is 9.47 Å². The van der Waals surface area contributed by atoms with Crippen LogP contribution in [0, 0.1) is 0 Å². The molecular formula is C21H35N2O2+. The van der Waals surface area contributed by atoms with Gasteiger partial charge in [0.05, 0.1) is 20.3 Å². The van der Waals surface area contributed by atoms with E-state index < -0.39 is 0 Å². The highest BCUT2D eigenvalue weighted by Crippen LogP contribution is 2.19. The fourth-order valence-corrected chi connectivity index (χ4v) is 3.23. The van der Waals surface area contributed by atoms with Crippen molar-refractivity contribution < 1.29 is 14.0 Å². The van der Waals surface area contributed by atoms with Crippen LogP contribution in [0.15, 0.2) is 24.5 Å². The molecule has 0 bridgehead atoms. The molecule has 140 valence electrons. The summed E-state index contributed by atoms with van der Waals surface area (Å²) in [4.78, 5) is 0. The number of hydrogen-bond acceptors (Lipinski definition) is 2. The molecule has 0 aliphatic heterocycles. The van der Waals surface area contributed by atoms with Crippen LogP contribution < -0.4 is 9.30 Å². The van der Waals surface area contributed by atoms with E-state index in [0.29, 0.717) is 13.3 Å². The van der Waals surface area contributed by atoms with Gasteiger partial charge in [-0.3, -0.25) is 0 Å². The van der Waals surface area contributed by atoms with Crippen LogP contribution in [0.2, 0.25) is 0 Å². The monoisotopic (exact) mass is 347 g/mol. The second-order valence-electron chi connectivity index (χ2n) is 6.79. The number of nitrogens with zero attached hydrogens (tertiary/aromatic N) is 2. The topological polar surface area (TPSA) is 27.3 Å². The molecule has 1 heterocycles. The van der Waals surface area contributed by atoms with Crippen molar-refractivity contribution in [3.05, 3.63) is 24.5 Å². The zero-order chi connectivity index (χ0) is 17.9. The standard InChI is InChI=1S/C21H35N2O2/c1-4-6-7-8-9-10-11-12-15-24-18-23-17-22(3)20-14-13-19(25-5-2)16-21(20)23/h13-14,16-17H,4-12,15,18H2,1-3H3/q+1. The average molecular weight is 348 g/mol. The molecule has 2 aromatic rings. The Labute approximate surface area is 152 Å². The lowest BCUT2D eigenvalue weighted by molar-refractivity contribution is -0.646. The molecule has 1 aromatic heterocycles. The van der Waals surface area contributed by atoms with E-state index in [1.165, 1.54) is 50.5 Å². The molecule has 0 fully saturated rings. The Balaban J connectivity index is 1.71. The van der Waals surface area contributed by atoms with E-state index in [9.17, 15) is 0 Å².